The van der Waals surface area contributed by atoms with Crippen LogP contribution in [0.3, 0.4) is 0 Å². The van der Waals surface area contributed by atoms with Crippen LogP contribution in [0.15, 0.2) is 29.2 Å². The first-order chi connectivity index (χ1) is 8.49. The average Bonchev–Trinajstić information content (AvgIpc) is 2.29. The predicted molar refractivity (Wildman–Crippen MR) is 67.0 cm³/mol. The monoisotopic (exact) mass is 274 g/mol. The second-order valence-corrected chi connectivity index (χ2v) is 5.47. The molecule has 0 aliphatic heterocycles. The van der Waals surface area contributed by atoms with Gasteiger partial charge in [-0.15, -0.1) is 0 Å². The van der Waals surface area contributed by atoms with Crippen molar-refractivity contribution in [2.45, 2.75) is 17.9 Å². The van der Waals surface area contributed by atoms with Crippen molar-refractivity contribution in [1.29, 1.82) is 0 Å². The lowest BCUT2D eigenvalue weighted by atomic mass is 10.2. The van der Waals surface area contributed by atoms with Crippen LogP contribution in [-0.2, 0) is 23.8 Å². The summed E-state index contributed by atoms with van der Waals surface area (Å²) in [6.45, 7) is 2.19. The van der Waals surface area contributed by atoms with E-state index in [0.29, 0.717) is 0 Å². The van der Waals surface area contributed by atoms with E-state index in [2.05, 4.69) is 0 Å². The third-order valence-electron chi connectivity index (χ3n) is 2.28. The highest BCUT2D eigenvalue weighted by atomic mass is 32.2. The van der Waals surface area contributed by atoms with Crippen molar-refractivity contribution >= 4 is 10.1 Å². The van der Waals surface area contributed by atoms with Gasteiger partial charge in [-0.1, -0.05) is 17.7 Å². The molecule has 0 amide bonds. The molecule has 0 bridgehead atoms. The van der Waals surface area contributed by atoms with Gasteiger partial charge in [0.2, 0.25) is 0 Å². The molecule has 0 N–H and O–H groups in total. The molecular weight excluding hydrogens is 256 g/mol. The van der Waals surface area contributed by atoms with Gasteiger partial charge >= 0.3 is 0 Å². The van der Waals surface area contributed by atoms with Gasteiger partial charge in [0.05, 0.1) is 18.1 Å². The molecule has 102 valence electrons. The molecule has 0 atom stereocenters. The van der Waals surface area contributed by atoms with E-state index < -0.39 is 16.2 Å². The number of rotatable bonds is 7. The van der Waals surface area contributed by atoms with Crippen molar-refractivity contribution in [1.82, 2.24) is 0 Å². The Bertz CT molecular complexity index is 446. The fourth-order valence-electron chi connectivity index (χ4n) is 1.42. The Labute approximate surface area is 108 Å². The fraction of sp³-hybridized carbons (Fsp3) is 0.500. The Morgan fingerprint density at radius 3 is 2.00 bits per heavy atom. The lowest BCUT2D eigenvalue weighted by molar-refractivity contribution is 0.0280. The van der Waals surface area contributed by atoms with Crippen LogP contribution in [0.25, 0.3) is 0 Å². The molecule has 18 heavy (non-hydrogen) atoms. The summed E-state index contributed by atoms with van der Waals surface area (Å²) in [6.07, 6.45) is -0.647. The van der Waals surface area contributed by atoms with Gasteiger partial charge in [-0.25, -0.2) is 0 Å². The highest BCUT2D eigenvalue weighted by Gasteiger charge is 2.21. The van der Waals surface area contributed by atoms with Crippen LogP contribution < -0.4 is 0 Å². The molecule has 0 radical (unpaired) electrons. The summed E-state index contributed by atoms with van der Waals surface area (Å²) in [5.41, 5.74) is 0.985. The zero-order chi connectivity index (χ0) is 13.6. The number of hydrogen-bond acceptors (Lipinski definition) is 5. The van der Waals surface area contributed by atoms with E-state index in [1.165, 1.54) is 26.4 Å². The first-order valence-electron chi connectivity index (χ1n) is 5.47. The average molecular weight is 274 g/mol. The molecule has 0 aliphatic carbocycles. The molecule has 1 rings (SSSR count). The Morgan fingerprint density at radius 1 is 1.06 bits per heavy atom. The third kappa shape index (κ3) is 4.38. The summed E-state index contributed by atoms with van der Waals surface area (Å²) >= 11 is 0. The zero-order valence-corrected chi connectivity index (χ0v) is 11.6. The molecule has 1 aromatic carbocycles. The SMILES string of the molecule is COCC(COC)OS(=O)(=O)c1ccc(C)cc1. The van der Waals surface area contributed by atoms with Crippen molar-refractivity contribution in [2.75, 3.05) is 27.4 Å². The fourth-order valence-corrected chi connectivity index (χ4v) is 2.47. The number of methoxy groups -OCH3 is 2. The van der Waals surface area contributed by atoms with Crippen LogP contribution >= 0.6 is 0 Å². The number of aryl methyl sites for hydroxylation is 1. The minimum atomic E-state index is -3.78. The Kier molecular flexibility index (Phi) is 5.74. The lowest BCUT2D eigenvalue weighted by Crippen LogP contribution is -2.27. The van der Waals surface area contributed by atoms with Crippen molar-refractivity contribution in [3.05, 3.63) is 29.8 Å². The maximum atomic E-state index is 12.0. The van der Waals surface area contributed by atoms with E-state index >= 15 is 0 Å². The van der Waals surface area contributed by atoms with Crippen LogP contribution in [0.2, 0.25) is 0 Å². The van der Waals surface area contributed by atoms with Gasteiger partial charge in [-0.3, -0.25) is 4.18 Å². The normalized spacial score (nSPS) is 12.0. The smallest absolute Gasteiger partial charge is 0.297 e. The van der Waals surface area contributed by atoms with Crippen molar-refractivity contribution < 1.29 is 22.1 Å². The summed E-state index contributed by atoms with van der Waals surface area (Å²) in [7, 11) is -0.827. The van der Waals surface area contributed by atoms with E-state index in [9.17, 15) is 8.42 Å². The quantitative estimate of drug-likeness (QED) is 0.703. The van der Waals surface area contributed by atoms with E-state index in [-0.39, 0.29) is 18.1 Å². The minimum absolute atomic E-state index is 0.130. The van der Waals surface area contributed by atoms with Crippen LogP contribution in [-0.4, -0.2) is 42.0 Å². The highest BCUT2D eigenvalue weighted by molar-refractivity contribution is 7.86. The molecule has 5 nitrogen and oxygen atoms in total. The predicted octanol–water partition coefficient (Wildman–Crippen LogP) is 1.36. The van der Waals surface area contributed by atoms with Gasteiger partial charge in [0.1, 0.15) is 6.10 Å². The molecule has 0 saturated heterocycles. The molecule has 0 aromatic heterocycles. The zero-order valence-electron chi connectivity index (χ0n) is 10.8. The molecular formula is C12H18O5S. The van der Waals surface area contributed by atoms with E-state index in [1.54, 1.807) is 12.1 Å². The van der Waals surface area contributed by atoms with Crippen molar-refractivity contribution in [3.8, 4) is 0 Å². The van der Waals surface area contributed by atoms with E-state index in [4.69, 9.17) is 13.7 Å². The molecule has 0 saturated carbocycles. The highest BCUT2D eigenvalue weighted by Crippen LogP contribution is 2.15. The van der Waals surface area contributed by atoms with Gasteiger partial charge in [0, 0.05) is 14.2 Å². The molecule has 1 aromatic rings. The summed E-state index contributed by atoms with van der Waals surface area (Å²) in [5.74, 6) is 0. The van der Waals surface area contributed by atoms with Gasteiger partial charge < -0.3 is 9.47 Å². The second kappa shape index (κ2) is 6.84. The molecule has 0 fully saturated rings. The van der Waals surface area contributed by atoms with Gasteiger partial charge in [-0.2, -0.15) is 8.42 Å². The first-order valence-corrected chi connectivity index (χ1v) is 6.88. The molecule has 0 aliphatic rings. The molecule has 0 spiro atoms. The standard InChI is InChI=1S/C12H18O5S/c1-10-4-6-12(7-5-10)18(13,14)17-11(8-15-2)9-16-3/h4-7,11H,8-9H2,1-3H3. The third-order valence-corrected chi connectivity index (χ3v) is 3.65. The summed E-state index contributed by atoms with van der Waals surface area (Å²) in [5, 5.41) is 0. The van der Waals surface area contributed by atoms with Gasteiger partial charge in [0.15, 0.2) is 0 Å². The Hall–Kier alpha value is -0.950. The maximum absolute atomic E-state index is 12.0. The lowest BCUT2D eigenvalue weighted by Gasteiger charge is -2.15. The summed E-state index contributed by atoms with van der Waals surface area (Å²) in [4.78, 5) is 0.130. The summed E-state index contributed by atoms with van der Waals surface area (Å²) < 4.78 is 38.8. The number of hydrogen-bond donors (Lipinski definition) is 0. The second-order valence-electron chi connectivity index (χ2n) is 3.90. The van der Waals surface area contributed by atoms with Crippen LogP contribution in [0.1, 0.15) is 5.56 Å². The number of ether oxygens (including phenoxy) is 2. The van der Waals surface area contributed by atoms with Crippen molar-refractivity contribution in [3.63, 3.8) is 0 Å². The van der Waals surface area contributed by atoms with Crippen LogP contribution in [0.4, 0.5) is 0 Å². The van der Waals surface area contributed by atoms with Crippen LogP contribution in [0, 0.1) is 6.92 Å². The topological polar surface area (TPSA) is 61.8 Å². The number of benzene rings is 1. The Morgan fingerprint density at radius 2 is 1.56 bits per heavy atom. The largest absolute Gasteiger partial charge is 0.382 e. The van der Waals surface area contributed by atoms with E-state index in [1.807, 2.05) is 6.92 Å². The minimum Gasteiger partial charge on any atom is -0.382 e. The molecule has 0 heterocycles. The molecule has 6 heteroatoms. The maximum Gasteiger partial charge on any atom is 0.297 e. The molecule has 0 unspecified atom stereocenters. The van der Waals surface area contributed by atoms with Gasteiger partial charge in [-0.05, 0) is 19.1 Å². The Balaban J connectivity index is 2.82. The van der Waals surface area contributed by atoms with Gasteiger partial charge in [0.25, 0.3) is 10.1 Å². The first kappa shape index (κ1) is 15.1. The van der Waals surface area contributed by atoms with Crippen molar-refractivity contribution in [2.24, 2.45) is 0 Å². The summed E-state index contributed by atoms with van der Waals surface area (Å²) in [6, 6.07) is 6.47. The van der Waals surface area contributed by atoms with Crippen LogP contribution in [0.5, 0.6) is 0 Å². The van der Waals surface area contributed by atoms with E-state index in [0.717, 1.165) is 5.56 Å².